The van der Waals surface area contributed by atoms with Gasteiger partial charge in [0.25, 0.3) is 0 Å². The van der Waals surface area contributed by atoms with Crippen LogP contribution in [0.15, 0.2) is 42.5 Å². The first-order chi connectivity index (χ1) is 12.2. The summed E-state index contributed by atoms with van der Waals surface area (Å²) in [5.74, 6) is 0.234. The highest BCUT2D eigenvalue weighted by atomic mass is 35.5. The molecule has 1 N–H and O–H groups in total. The van der Waals surface area contributed by atoms with Crippen molar-refractivity contribution in [2.45, 2.75) is 51.2 Å². The van der Waals surface area contributed by atoms with Gasteiger partial charge in [-0.2, -0.15) is 0 Å². The van der Waals surface area contributed by atoms with E-state index in [1.165, 1.54) is 5.56 Å². The van der Waals surface area contributed by atoms with Crippen LogP contribution in [0.4, 0.5) is 4.79 Å². The van der Waals surface area contributed by atoms with E-state index in [4.69, 9.17) is 27.9 Å². The SMILES string of the molecule is CC(C)(C)OC(=O)N[C@H]1CC[C@@H](c2ccc(Cl)c(Cl)c2)c2ccccc21. The van der Waals surface area contributed by atoms with Crippen molar-refractivity contribution in [3.8, 4) is 0 Å². The van der Waals surface area contributed by atoms with E-state index in [9.17, 15) is 4.79 Å². The number of benzene rings is 2. The summed E-state index contributed by atoms with van der Waals surface area (Å²) in [6, 6.07) is 14.0. The molecule has 0 aliphatic heterocycles. The molecular formula is C21H23Cl2NO2. The van der Waals surface area contributed by atoms with Gasteiger partial charge in [0, 0.05) is 5.92 Å². The topological polar surface area (TPSA) is 38.3 Å². The summed E-state index contributed by atoms with van der Waals surface area (Å²) in [5.41, 5.74) is 2.96. The Morgan fingerprint density at radius 2 is 1.73 bits per heavy atom. The smallest absolute Gasteiger partial charge is 0.408 e. The van der Waals surface area contributed by atoms with Crippen LogP contribution in [-0.4, -0.2) is 11.7 Å². The Balaban J connectivity index is 1.86. The first-order valence-corrected chi connectivity index (χ1v) is 9.53. The monoisotopic (exact) mass is 391 g/mol. The Morgan fingerprint density at radius 1 is 1.04 bits per heavy atom. The van der Waals surface area contributed by atoms with Crippen LogP contribution in [0.3, 0.4) is 0 Å². The molecule has 5 heteroatoms. The van der Waals surface area contributed by atoms with Crippen LogP contribution in [0, 0.1) is 0 Å². The van der Waals surface area contributed by atoms with E-state index in [2.05, 4.69) is 17.4 Å². The van der Waals surface area contributed by atoms with Crippen molar-refractivity contribution < 1.29 is 9.53 Å². The highest BCUT2D eigenvalue weighted by Crippen LogP contribution is 2.42. The minimum Gasteiger partial charge on any atom is -0.444 e. The van der Waals surface area contributed by atoms with Gasteiger partial charge in [0.2, 0.25) is 0 Å². The maximum absolute atomic E-state index is 12.2. The zero-order valence-electron chi connectivity index (χ0n) is 15.2. The number of ether oxygens (including phenoxy) is 1. The quantitative estimate of drug-likeness (QED) is 0.635. The van der Waals surface area contributed by atoms with Crippen LogP contribution in [0.1, 0.15) is 62.3 Å². The van der Waals surface area contributed by atoms with Crippen LogP contribution >= 0.6 is 23.2 Å². The van der Waals surface area contributed by atoms with Crippen molar-refractivity contribution in [1.29, 1.82) is 0 Å². The molecule has 3 nitrogen and oxygen atoms in total. The summed E-state index contributed by atoms with van der Waals surface area (Å²) < 4.78 is 5.41. The molecule has 2 aromatic carbocycles. The molecule has 26 heavy (non-hydrogen) atoms. The number of alkyl carbamates (subject to hydrolysis) is 1. The molecule has 1 amide bonds. The number of hydrogen-bond donors (Lipinski definition) is 1. The van der Waals surface area contributed by atoms with E-state index in [0.29, 0.717) is 10.0 Å². The van der Waals surface area contributed by atoms with Gasteiger partial charge in [-0.3, -0.25) is 0 Å². The van der Waals surface area contributed by atoms with Gasteiger partial charge in [-0.25, -0.2) is 4.79 Å². The van der Waals surface area contributed by atoms with E-state index >= 15 is 0 Å². The third kappa shape index (κ3) is 4.33. The summed E-state index contributed by atoms with van der Waals surface area (Å²) in [5, 5.41) is 4.14. The number of amides is 1. The summed E-state index contributed by atoms with van der Waals surface area (Å²) in [6.07, 6.45) is 1.36. The lowest BCUT2D eigenvalue weighted by molar-refractivity contribution is 0.0498. The Morgan fingerprint density at radius 3 is 2.38 bits per heavy atom. The molecule has 0 saturated carbocycles. The molecule has 0 aromatic heterocycles. The lowest BCUT2D eigenvalue weighted by atomic mass is 9.77. The minimum absolute atomic E-state index is 0.0555. The summed E-state index contributed by atoms with van der Waals surface area (Å²) in [7, 11) is 0. The molecule has 1 aliphatic rings. The fourth-order valence-electron chi connectivity index (χ4n) is 3.46. The van der Waals surface area contributed by atoms with Gasteiger partial charge in [0.15, 0.2) is 0 Å². The lowest BCUT2D eigenvalue weighted by Gasteiger charge is -2.33. The van der Waals surface area contributed by atoms with E-state index in [1.807, 2.05) is 51.1 Å². The molecule has 0 unspecified atom stereocenters. The number of hydrogen-bond acceptors (Lipinski definition) is 2. The maximum atomic E-state index is 12.2. The van der Waals surface area contributed by atoms with Gasteiger partial charge >= 0.3 is 6.09 Å². The second kappa shape index (κ2) is 7.50. The van der Waals surface area contributed by atoms with Gasteiger partial charge < -0.3 is 10.1 Å². The molecule has 0 heterocycles. The first kappa shape index (κ1) is 19.1. The molecular weight excluding hydrogens is 369 g/mol. The molecule has 2 atom stereocenters. The minimum atomic E-state index is -0.513. The van der Waals surface area contributed by atoms with Crippen LogP contribution in [-0.2, 0) is 4.74 Å². The predicted molar refractivity (Wildman–Crippen MR) is 106 cm³/mol. The van der Waals surface area contributed by atoms with E-state index in [0.717, 1.165) is 24.0 Å². The van der Waals surface area contributed by atoms with Crippen molar-refractivity contribution in [2.75, 3.05) is 0 Å². The van der Waals surface area contributed by atoms with Crippen molar-refractivity contribution in [3.05, 3.63) is 69.2 Å². The molecule has 3 rings (SSSR count). The van der Waals surface area contributed by atoms with E-state index in [-0.39, 0.29) is 18.1 Å². The number of rotatable bonds is 2. The Kier molecular flexibility index (Phi) is 5.50. The average molecular weight is 392 g/mol. The Hall–Kier alpha value is -1.71. The fourth-order valence-corrected chi connectivity index (χ4v) is 3.77. The predicted octanol–water partition coefficient (Wildman–Crippen LogP) is 6.48. The molecule has 0 radical (unpaired) electrons. The second-order valence-corrected chi connectivity index (χ2v) is 8.45. The van der Waals surface area contributed by atoms with Gasteiger partial charge in [0.1, 0.15) is 5.60 Å². The molecule has 0 spiro atoms. The van der Waals surface area contributed by atoms with Crippen molar-refractivity contribution in [3.63, 3.8) is 0 Å². The van der Waals surface area contributed by atoms with E-state index < -0.39 is 5.60 Å². The number of halogens is 2. The average Bonchev–Trinajstić information content (AvgIpc) is 2.56. The number of nitrogens with one attached hydrogen (secondary N) is 1. The molecule has 2 aromatic rings. The number of carbonyl (C=O) groups excluding carboxylic acids is 1. The van der Waals surface area contributed by atoms with Crippen LogP contribution < -0.4 is 5.32 Å². The van der Waals surface area contributed by atoms with Gasteiger partial charge in [-0.15, -0.1) is 0 Å². The summed E-state index contributed by atoms with van der Waals surface area (Å²) >= 11 is 12.3. The largest absolute Gasteiger partial charge is 0.444 e. The van der Waals surface area contributed by atoms with Crippen molar-refractivity contribution in [2.24, 2.45) is 0 Å². The molecule has 0 bridgehead atoms. The summed E-state index contributed by atoms with van der Waals surface area (Å²) in [6.45, 7) is 5.59. The second-order valence-electron chi connectivity index (χ2n) is 7.63. The molecule has 138 valence electrons. The van der Waals surface area contributed by atoms with Crippen LogP contribution in [0.25, 0.3) is 0 Å². The van der Waals surface area contributed by atoms with Crippen molar-refractivity contribution >= 4 is 29.3 Å². The number of fused-ring (bicyclic) bond motifs is 1. The lowest BCUT2D eigenvalue weighted by Crippen LogP contribution is -2.36. The third-order valence-electron chi connectivity index (χ3n) is 4.53. The van der Waals surface area contributed by atoms with Crippen molar-refractivity contribution in [1.82, 2.24) is 5.32 Å². The first-order valence-electron chi connectivity index (χ1n) is 8.78. The normalized spacial score (nSPS) is 19.6. The highest BCUT2D eigenvalue weighted by molar-refractivity contribution is 6.42. The van der Waals surface area contributed by atoms with Gasteiger partial charge in [-0.1, -0.05) is 53.5 Å². The third-order valence-corrected chi connectivity index (χ3v) is 5.27. The molecule has 0 fully saturated rings. The van der Waals surface area contributed by atoms with Gasteiger partial charge in [-0.05, 0) is 62.4 Å². The molecule has 1 aliphatic carbocycles. The number of carbonyl (C=O) groups is 1. The fraction of sp³-hybridized carbons (Fsp3) is 0.381. The zero-order valence-corrected chi connectivity index (χ0v) is 16.7. The Bertz CT molecular complexity index is 814. The highest BCUT2D eigenvalue weighted by Gasteiger charge is 2.30. The van der Waals surface area contributed by atoms with Crippen LogP contribution in [0.5, 0.6) is 0 Å². The standard InChI is InChI=1S/C21H23Cl2NO2/c1-21(2,3)26-20(25)24-19-11-9-14(15-6-4-5-7-16(15)19)13-8-10-17(22)18(23)12-13/h4-8,10,12,14,19H,9,11H2,1-3H3,(H,24,25)/t14-,19-/m0/s1. The van der Waals surface area contributed by atoms with Gasteiger partial charge in [0.05, 0.1) is 16.1 Å². The maximum Gasteiger partial charge on any atom is 0.408 e. The molecule has 0 saturated heterocycles. The Labute approximate surface area is 164 Å². The van der Waals surface area contributed by atoms with E-state index in [1.54, 1.807) is 0 Å². The zero-order chi connectivity index (χ0) is 18.9. The van der Waals surface area contributed by atoms with Crippen LogP contribution in [0.2, 0.25) is 10.0 Å². The summed E-state index contributed by atoms with van der Waals surface area (Å²) in [4.78, 5) is 12.2.